The number of aryl methyl sites for hydroxylation is 1. The first-order valence-electron chi connectivity index (χ1n) is 7.44. The zero-order valence-electron chi connectivity index (χ0n) is 12.7. The summed E-state index contributed by atoms with van der Waals surface area (Å²) in [6.45, 7) is 2.30. The van der Waals surface area contributed by atoms with E-state index in [1.807, 2.05) is 55.5 Å². The predicted octanol–water partition coefficient (Wildman–Crippen LogP) is 3.64. The van der Waals surface area contributed by atoms with E-state index in [4.69, 9.17) is 5.41 Å². The van der Waals surface area contributed by atoms with Crippen LogP contribution in [0.25, 0.3) is 16.6 Å². The van der Waals surface area contributed by atoms with Crippen LogP contribution in [0.5, 0.6) is 0 Å². The summed E-state index contributed by atoms with van der Waals surface area (Å²) < 4.78 is 0. The number of aliphatic hydroxyl groups excluding tert-OH is 1. The van der Waals surface area contributed by atoms with Crippen LogP contribution in [0.1, 0.15) is 11.4 Å². The molecule has 1 aliphatic heterocycles. The van der Waals surface area contributed by atoms with Crippen molar-refractivity contribution in [3.8, 4) is 0 Å². The molecule has 0 atom stereocenters. The third-order valence-electron chi connectivity index (χ3n) is 4.04. The van der Waals surface area contributed by atoms with Crippen molar-refractivity contribution in [2.24, 2.45) is 0 Å². The number of amidine groups is 1. The molecule has 0 radical (unpaired) electrons. The van der Waals surface area contributed by atoms with Crippen molar-refractivity contribution in [3.63, 3.8) is 0 Å². The number of imidazole rings is 1. The lowest BCUT2D eigenvalue weighted by Gasteiger charge is -2.18. The van der Waals surface area contributed by atoms with E-state index in [0.717, 1.165) is 22.3 Å². The van der Waals surface area contributed by atoms with Crippen LogP contribution in [0, 0.1) is 12.3 Å². The zero-order chi connectivity index (χ0) is 16.0. The lowest BCUT2D eigenvalue weighted by molar-refractivity contribution is 0.411. The number of nitrogens with one attached hydrogen (secondary N) is 2. The number of nitrogens with zero attached hydrogens (tertiary/aromatic N) is 2. The summed E-state index contributed by atoms with van der Waals surface area (Å²) in [5, 5.41) is 18.8. The second kappa shape index (κ2) is 4.98. The summed E-state index contributed by atoms with van der Waals surface area (Å²) in [7, 11) is 0. The highest BCUT2D eigenvalue weighted by atomic mass is 16.3. The Hall–Kier alpha value is -3.08. The summed E-state index contributed by atoms with van der Waals surface area (Å²) in [6.07, 6.45) is 0. The van der Waals surface area contributed by atoms with Crippen molar-refractivity contribution in [1.82, 2.24) is 9.97 Å². The average Bonchev–Trinajstić information content (AvgIpc) is 3.07. The second-order valence-electron chi connectivity index (χ2n) is 5.70. The maximum Gasteiger partial charge on any atom is 0.145 e. The third kappa shape index (κ3) is 2.17. The van der Waals surface area contributed by atoms with Gasteiger partial charge in [0.25, 0.3) is 0 Å². The molecule has 0 fully saturated rings. The Morgan fingerprint density at radius 3 is 2.78 bits per heavy atom. The fraction of sp³-hybridized carbons (Fsp3) is 0.111. The first-order chi connectivity index (χ1) is 11.1. The molecule has 5 nitrogen and oxygen atoms in total. The fourth-order valence-corrected chi connectivity index (χ4v) is 2.92. The second-order valence-corrected chi connectivity index (χ2v) is 5.70. The van der Waals surface area contributed by atoms with E-state index in [0.29, 0.717) is 11.4 Å². The van der Waals surface area contributed by atoms with Crippen LogP contribution in [0.15, 0.2) is 54.3 Å². The molecule has 0 aliphatic carbocycles. The van der Waals surface area contributed by atoms with Gasteiger partial charge in [0, 0.05) is 5.69 Å². The topological polar surface area (TPSA) is 76.0 Å². The van der Waals surface area contributed by atoms with E-state index in [1.54, 1.807) is 4.90 Å². The molecule has 3 N–H and O–H groups in total. The van der Waals surface area contributed by atoms with Crippen LogP contribution in [0.4, 0.5) is 5.69 Å². The highest BCUT2D eigenvalue weighted by molar-refractivity contribution is 6.30. The van der Waals surface area contributed by atoms with Gasteiger partial charge in [-0.1, -0.05) is 24.3 Å². The summed E-state index contributed by atoms with van der Waals surface area (Å²) in [5.41, 5.74) is 4.19. The van der Waals surface area contributed by atoms with Gasteiger partial charge >= 0.3 is 0 Å². The molecule has 0 saturated carbocycles. The Morgan fingerprint density at radius 1 is 1.17 bits per heavy atom. The molecule has 2 aromatic carbocycles. The minimum Gasteiger partial charge on any atom is -0.509 e. The molecule has 23 heavy (non-hydrogen) atoms. The fourth-order valence-electron chi connectivity index (χ4n) is 2.92. The molecular formula is C18H16N4O. The van der Waals surface area contributed by atoms with E-state index in [1.165, 1.54) is 0 Å². The smallest absolute Gasteiger partial charge is 0.145 e. The SMILES string of the molecule is Cc1cccc(N2CC(O)=C(c3nc4ccccc4[nH]3)C2=N)c1. The van der Waals surface area contributed by atoms with E-state index >= 15 is 0 Å². The van der Waals surface area contributed by atoms with Gasteiger partial charge in [0.15, 0.2) is 0 Å². The standard InChI is InChI=1S/C18H16N4O/c1-11-5-4-6-12(9-11)22-10-15(23)16(17(22)19)18-20-13-7-2-3-8-14(13)21-18/h2-9,19,23H,10H2,1H3,(H,20,21). The minimum atomic E-state index is 0.163. The Bertz CT molecular complexity index is 921. The Morgan fingerprint density at radius 2 is 2.00 bits per heavy atom. The molecule has 0 amide bonds. The van der Waals surface area contributed by atoms with Gasteiger partial charge in [0.1, 0.15) is 17.4 Å². The minimum absolute atomic E-state index is 0.163. The monoisotopic (exact) mass is 304 g/mol. The van der Waals surface area contributed by atoms with Gasteiger partial charge in [-0.3, -0.25) is 5.41 Å². The molecule has 0 spiro atoms. The van der Waals surface area contributed by atoms with Gasteiger partial charge in [0.05, 0.1) is 23.2 Å². The van der Waals surface area contributed by atoms with Crippen molar-refractivity contribution in [3.05, 3.63) is 65.7 Å². The molecule has 0 unspecified atom stereocenters. The third-order valence-corrected chi connectivity index (χ3v) is 4.04. The average molecular weight is 304 g/mol. The van der Waals surface area contributed by atoms with E-state index in [-0.39, 0.29) is 18.1 Å². The number of aromatic amines is 1. The molecular weight excluding hydrogens is 288 g/mol. The summed E-state index contributed by atoms with van der Waals surface area (Å²) in [5.74, 6) is 0.951. The van der Waals surface area contributed by atoms with Crippen LogP contribution in [0.2, 0.25) is 0 Å². The van der Waals surface area contributed by atoms with Gasteiger partial charge in [0.2, 0.25) is 0 Å². The molecule has 3 aromatic rings. The molecule has 0 saturated heterocycles. The normalized spacial score (nSPS) is 15.0. The number of aliphatic hydroxyl groups is 1. The molecule has 1 aromatic heterocycles. The van der Waals surface area contributed by atoms with Gasteiger partial charge in [-0.15, -0.1) is 0 Å². The van der Waals surface area contributed by atoms with Crippen LogP contribution in [-0.2, 0) is 0 Å². The number of aromatic nitrogens is 2. The van der Waals surface area contributed by atoms with E-state index < -0.39 is 0 Å². The van der Waals surface area contributed by atoms with Crippen LogP contribution < -0.4 is 4.90 Å². The van der Waals surface area contributed by atoms with Crippen LogP contribution in [0.3, 0.4) is 0 Å². The number of H-pyrrole nitrogens is 1. The first kappa shape index (κ1) is 13.6. The Kier molecular flexibility index (Phi) is 2.94. The number of hydrogen-bond acceptors (Lipinski definition) is 3. The van der Waals surface area contributed by atoms with Crippen molar-refractivity contribution in [1.29, 1.82) is 5.41 Å². The highest BCUT2D eigenvalue weighted by Crippen LogP contribution is 2.31. The highest BCUT2D eigenvalue weighted by Gasteiger charge is 2.31. The van der Waals surface area contributed by atoms with Crippen molar-refractivity contribution in [2.75, 3.05) is 11.4 Å². The molecule has 5 heteroatoms. The molecule has 1 aliphatic rings. The van der Waals surface area contributed by atoms with Crippen molar-refractivity contribution >= 4 is 28.1 Å². The van der Waals surface area contributed by atoms with Gasteiger partial charge in [-0.05, 0) is 36.8 Å². The summed E-state index contributed by atoms with van der Waals surface area (Å²) in [6, 6.07) is 15.6. The Labute approximate surface area is 133 Å². The number of para-hydroxylation sites is 2. The quantitative estimate of drug-likeness (QED) is 0.676. The van der Waals surface area contributed by atoms with Crippen molar-refractivity contribution < 1.29 is 5.11 Å². The summed E-state index contributed by atoms with van der Waals surface area (Å²) in [4.78, 5) is 9.47. The van der Waals surface area contributed by atoms with Crippen LogP contribution >= 0.6 is 0 Å². The number of fused-ring (bicyclic) bond motifs is 1. The zero-order valence-corrected chi connectivity index (χ0v) is 12.7. The largest absolute Gasteiger partial charge is 0.509 e. The molecule has 114 valence electrons. The maximum atomic E-state index is 10.4. The van der Waals surface area contributed by atoms with E-state index in [2.05, 4.69) is 9.97 Å². The Balaban J connectivity index is 1.74. The van der Waals surface area contributed by atoms with Gasteiger partial charge < -0.3 is 15.0 Å². The van der Waals surface area contributed by atoms with E-state index in [9.17, 15) is 5.11 Å². The first-order valence-corrected chi connectivity index (χ1v) is 7.44. The number of anilines is 1. The van der Waals surface area contributed by atoms with Crippen LogP contribution in [-0.4, -0.2) is 27.5 Å². The number of rotatable bonds is 2. The molecule has 0 bridgehead atoms. The van der Waals surface area contributed by atoms with Crippen molar-refractivity contribution in [2.45, 2.75) is 6.92 Å². The lowest BCUT2D eigenvalue weighted by Crippen LogP contribution is -2.26. The molecule has 4 rings (SSSR count). The van der Waals surface area contributed by atoms with Gasteiger partial charge in [-0.25, -0.2) is 4.98 Å². The summed E-state index contributed by atoms with van der Waals surface area (Å²) >= 11 is 0. The maximum absolute atomic E-state index is 10.4. The molecule has 2 heterocycles. The predicted molar refractivity (Wildman–Crippen MR) is 91.9 cm³/mol. The van der Waals surface area contributed by atoms with Gasteiger partial charge in [-0.2, -0.15) is 0 Å². The number of benzene rings is 2. The number of hydrogen-bond donors (Lipinski definition) is 3. The lowest BCUT2D eigenvalue weighted by atomic mass is 10.2.